The SMILES string of the molecule is CC(=O)c1cccc(CNc2nc(-c3c(=O)o[nH][n+]3-c3ccccc3)cs2)c1O. The molecule has 0 aliphatic heterocycles. The van der Waals surface area contributed by atoms with Crippen molar-refractivity contribution in [1.82, 2.24) is 10.3 Å². The second kappa shape index (κ2) is 7.72. The maximum Gasteiger partial charge on any atom is 0.437 e. The van der Waals surface area contributed by atoms with E-state index < -0.39 is 5.63 Å². The summed E-state index contributed by atoms with van der Waals surface area (Å²) in [5, 5.41) is 18.3. The summed E-state index contributed by atoms with van der Waals surface area (Å²) >= 11 is 1.32. The Bertz CT molecular complexity index is 1230. The number of nitrogens with zero attached hydrogens (tertiary/aromatic N) is 2. The van der Waals surface area contributed by atoms with Crippen LogP contribution in [0.2, 0.25) is 0 Å². The molecule has 4 aromatic rings. The van der Waals surface area contributed by atoms with Crippen molar-refractivity contribution in [3.05, 3.63) is 75.5 Å². The number of nitrogens with one attached hydrogen (secondary N) is 2. The zero-order chi connectivity index (χ0) is 20.4. The first-order valence-electron chi connectivity index (χ1n) is 8.75. The van der Waals surface area contributed by atoms with Gasteiger partial charge in [-0.05, 0) is 22.9 Å². The molecule has 0 bridgehead atoms. The number of thiazole rings is 1. The van der Waals surface area contributed by atoms with E-state index in [-0.39, 0.29) is 29.3 Å². The predicted molar refractivity (Wildman–Crippen MR) is 107 cm³/mol. The highest BCUT2D eigenvalue weighted by molar-refractivity contribution is 7.14. The number of aromatic nitrogens is 3. The highest BCUT2D eigenvalue weighted by Crippen LogP contribution is 2.26. The lowest BCUT2D eigenvalue weighted by Crippen LogP contribution is -2.36. The second-order valence-electron chi connectivity index (χ2n) is 6.26. The number of para-hydroxylation sites is 2. The van der Waals surface area contributed by atoms with Gasteiger partial charge < -0.3 is 10.4 Å². The van der Waals surface area contributed by atoms with E-state index in [1.165, 1.54) is 22.9 Å². The minimum absolute atomic E-state index is 0.0440. The number of H-pyrrole nitrogens is 1. The topological polar surface area (TPSA) is 112 Å². The molecule has 2 heterocycles. The van der Waals surface area contributed by atoms with Gasteiger partial charge in [-0.15, -0.1) is 11.3 Å². The van der Waals surface area contributed by atoms with E-state index in [2.05, 4.69) is 15.6 Å². The molecule has 0 atom stereocenters. The molecule has 29 heavy (non-hydrogen) atoms. The van der Waals surface area contributed by atoms with Crippen LogP contribution < -0.4 is 15.6 Å². The summed E-state index contributed by atoms with van der Waals surface area (Å²) in [7, 11) is 0. The number of phenolic OH excluding ortho intramolecular Hbond substituents is 1. The number of phenols is 1. The van der Waals surface area contributed by atoms with Crippen LogP contribution in [0.15, 0.2) is 63.2 Å². The molecule has 0 amide bonds. The molecule has 0 aliphatic rings. The van der Waals surface area contributed by atoms with E-state index in [4.69, 9.17) is 4.52 Å². The van der Waals surface area contributed by atoms with E-state index >= 15 is 0 Å². The Hall–Kier alpha value is -3.72. The Labute approximate surface area is 169 Å². The molecule has 0 radical (unpaired) electrons. The van der Waals surface area contributed by atoms with Gasteiger partial charge in [0.25, 0.3) is 0 Å². The van der Waals surface area contributed by atoms with Crippen molar-refractivity contribution in [1.29, 1.82) is 0 Å². The number of carbonyl (C=O) groups is 1. The number of Topliss-reactive ketones (excluding diaryl/α,β-unsaturated/α-hetero) is 1. The van der Waals surface area contributed by atoms with E-state index in [0.717, 1.165) is 5.69 Å². The van der Waals surface area contributed by atoms with Crippen LogP contribution in [0.5, 0.6) is 5.75 Å². The Balaban J connectivity index is 1.58. The van der Waals surface area contributed by atoms with Gasteiger partial charge in [-0.2, -0.15) is 0 Å². The number of carbonyl (C=O) groups excluding carboxylic acids is 1. The predicted octanol–water partition coefficient (Wildman–Crippen LogP) is 2.89. The van der Waals surface area contributed by atoms with Gasteiger partial charge >= 0.3 is 11.3 Å². The fourth-order valence-corrected chi connectivity index (χ4v) is 3.60. The number of ketones is 1. The normalized spacial score (nSPS) is 10.8. The first kappa shape index (κ1) is 18.6. The first-order chi connectivity index (χ1) is 14.0. The van der Waals surface area contributed by atoms with E-state index in [9.17, 15) is 14.7 Å². The van der Waals surface area contributed by atoms with Crippen molar-refractivity contribution in [2.24, 2.45) is 0 Å². The van der Waals surface area contributed by atoms with Gasteiger partial charge in [0.2, 0.25) is 5.69 Å². The summed E-state index contributed by atoms with van der Waals surface area (Å²) in [6.45, 7) is 1.68. The molecule has 146 valence electrons. The van der Waals surface area contributed by atoms with Crippen LogP contribution in [0.3, 0.4) is 0 Å². The van der Waals surface area contributed by atoms with Crippen LogP contribution in [0, 0.1) is 0 Å². The van der Waals surface area contributed by atoms with Crippen molar-refractivity contribution in [2.45, 2.75) is 13.5 Å². The van der Waals surface area contributed by atoms with Crippen LogP contribution in [0.1, 0.15) is 22.8 Å². The summed E-state index contributed by atoms with van der Waals surface area (Å²) in [6.07, 6.45) is 0. The van der Waals surface area contributed by atoms with Gasteiger partial charge in [0.05, 0.1) is 5.56 Å². The van der Waals surface area contributed by atoms with E-state index in [1.54, 1.807) is 23.6 Å². The number of hydrogen-bond acceptors (Lipinski definition) is 7. The van der Waals surface area contributed by atoms with Gasteiger partial charge in [0, 0.05) is 29.6 Å². The number of aromatic amines is 1. The highest BCUT2D eigenvalue weighted by Gasteiger charge is 2.27. The number of benzene rings is 2. The van der Waals surface area contributed by atoms with Gasteiger partial charge in [-0.3, -0.25) is 9.32 Å². The van der Waals surface area contributed by atoms with Gasteiger partial charge in [0.1, 0.15) is 5.75 Å². The average molecular weight is 409 g/mol. The number of hydrogen-bond donors (Lipinski definition) is 3. The lowest BCUT2D eigenvalue weighted by molar-refractivity contribution is -0.660. The number of rotatable bonds is 6. The highest BCUT2D eigenvalue weighted by atomic mass is 32.1. The van der Waals surface area contributed by atoms with Crippen molar-refractivity contribution in [3.63, 3.8) is 0 Å². The molecule has 2 aromatic heterocycles. The average Bonchev–Trinajstić information content (AvgIpc) is 3.34. The maximum atomic E-state index is 12.2. The van der Waals surface area contributed by atoms with Crippen molar-refractivity contribution in [2.75, 3.05) is 5.32 Å². The van der Waals surface area contributed by atoms with Crippen molar-refractivity contribution >= 4 is 22.3 Å². The van der Waals surface area contributed by atoms with Gasteiger partial charge in [-0.1, -0.05) is 30.3 Å². The van der Waals surface area contributed by atoms with Crippen LogP contribution in [-0.4, -0.2) is 21.1 Å². The molecule has 0 unspecified atom stereocenters. The fourth-order valence-electron chi connectivity index (χ4n) is 2.90. The van der Waals surface area contributed by atoms with E-state index in [0.29, 0.717) is 16.4 Å². The van der Waals surface area contributed by atoms with Crippen molar-refractivity contribution in [3.8, 4) is 22.8 Å². The number of aromatic hydroxyl groups is 1. The standard InChI is InChI=1S/C20H16N4O4S/c1-12(25)15-9-5-6-13(18(15)26)10-21-20-22-16(11-29-20)17-19(27)28-23-24(17)14-7-3-2-4-8-14/h2-9,11H,10H2,1H3,(H2-,21,22,23,25,26,27)/p+1. The summed E-state index contributed by atoms with van der Waals surface area (Å²) in [5.74, 6) is -0.247. The molecule has 0 saturated carbocycles. The third kappa shape index (κ3) is 3.67. The van der Waals surface area contributed by atoms with Crippen LogP contribution in [0.4, 0.5) is 5.13 Å². The molecule has 0 fully saturated rings. The molecular weight excluding hydrogens is 392 g/mol. The quantitative estimate of drug-likeness (QED) is 0.333. The molecule has 2 aromatic carbocycles. The lowest BCUT2D eigenvalue weighted by Gasteiger charge is -2.08. The minimum Gasteiger partial charge on any atom is -0.507 e. The third-order valence-corrected chi connectivity index (χ3v) is 5.14. The molecule has 8 nitrogen and oxygen atoms in total. The number of anilines is 1. The smallest absolute Gasteiger partial charge is 0.437 e. The molecule has 4 rings (SSSR count). The zero-order valence-corrected chi connectivity index (χ0v) is 16.2. The van der Waals surface area contributed by atoms with Crippen LogP contribution in [-0.2, 0) is 6.54 Å². The first-order valence-corrected chi connectivity index (χ1v) is 9.63. The minimum atomic E-state index is -0.530. The molecule has 3 N–H and O–H groups in total. The molecular formula is C20H17N4O4S+. The fraction of sp³-hybridized carbons (Fsp3) is 0.100. The Morgan fingerprint density at radius 1 is 1.24 bits per heavy atom. The molecule has 9 heteroatoms. The summed E-state index contributed by atoms with van der Waals surface area (Å²) < 4.78 is 6.49. The molecule has 0 saturated heterocycles. The monoisotopic (exact) mass is 409 g/mol. The molecule has 0 spiro atoms. The molecule has 0 aliphatic carbocycles. The Kier molecular flexibility index (Phi) is 4.96. The summed E-state index contributed by atoms with van der Waals surface area (Å²) in [6, 6.07) is 14.3. The zero-order valence-electron chi connectivity index (χ0n) is 15.4. The second-order valence-corrected chi connectivity index (χ2v) is 7.12. The van der Waals surface area contributed by atoms with Gasteiger partial charge in [-0.25, -0.2) is 9.78 Å². The summed E-state index contributed by atoms with van der Waals surface area (Å²) in [4.78, 5) is 28.2. The largest absolute Gasteiger partial charge is 0.507 e. The van der Waals surface area contributed by atoms with Crippen LogP contribution >= 0.6 is 11.3 Å². The Morgan fingerprint density at radius 2 is 2.03 bits per heavy atom. The lowest BCUT2D eigenvalue weighted by atomic mass is 10.1. The van der Waals surface area contributed by atoms with E-state index in [1.807, 2.05) is 30.3 Å². The van der Waals surface area contributed by atoms with Crippen LogP contribution in [0.25, 0.3) is 17.1 Å². The summed E-state index contributed by atoms with van der Waals surface area (Å²) in [5.41, 5.74) is 1.80. The van der Waals surface area contributed by atoms with Crippen molar-refractivity contribution < 1.29 is 19.1 Å². The maximum absolute atomic E-state index is 12.2. The Morgan fingerprint density at radius 3 is 2.79 bits per heavy atom. The third-order valence-electron chi connectivity index (χ3n) is 4.34. The van der Waals surface area contributed by atoms with Gasteiger partial charge in [0.15, 0.2) is 16.6 Å².